The summed E-state index contributed by atoms with van der Waals surface area (Å²) in [6, 6.07) is 0. The SMILES string of the molecule is CC(=O)[O-].CC(=O)[O-].[Cu+2].[Cu+2].[Cu+2].[Cu+2].[O-][As]1O[As]([O-])O[As]([O-])O1.[O-][As]1O[As]([O-])O[As]([O-])O1. The summed E-state index contributed by atoms with van der Waals surface area (Å²) in [6.07, 6.45) is 0. The summed E-state index contributed by atoms with van der Waals surface area (Å²) in [5.41, 5.74) is 0. The number of carbonyl (C=O) groups excluding carboxylic acids is 2. The van der Waals surface area contributed by atoms with Crippen LogP contribution in [0.25, 0.3) is 0 Å². The van der Waals surface area contributed by atoms with E-state index in [1.54, 1.807) is 0 Å². The molecule has 2 aliphatic heterocycles. The van der Waals surface area contributed by atoms with Gasteiger partial charge in [0.2, 0.25) is 0 Å². The molecule has 0 aromatic heterocycles. The van der Waals surface area contributed by atoms with Gasteiger partial charge in [0.15, 0.2) is 0 Å². The van der Waals surface area contributed by atoms with E-state index in [0.717, 1.165) is 13.8 Å². The van der Waals surface area contributed by atoms with Gasteiger partial charge in [0, 0.05) is 11.9 Å². The fourth-order valence-corrected chi connectivity index (χ4v) is 21.4. The van der Waals surface area contributed by atoms with Gasteiger partial charge in [-0.25, -0.2) is 0 Å². The Morgan fingerprint density at radius 1 is 0.467 bits per heavy atom. The van der Waals surface area contributed by atoms with Crippen LogP contribution in [0, 0.1) is 0 Å². The molecule has 26 heteroatoms. The van der Waals surface area contributed by atoms with Crippen LogP contribution in [0.1, 0.15) is 13.8 Å². The predicted molar refractivity (Wildman–Crippen MR) is 62.4 cm³/mol. The standard InChI is InChI=1S/2C2H4O2.2As3O6.4Cu/c2*1-2(3)4;2*4-1-7-2(5)9-3(6)8-1;;;;/h2*1H3,(H,3,4);;;;;;/q;;2*-3;4*+2/p-2. The van der Waals surface area contributed by atoms with Crippen molar-refractivity contribution in [2.75, 3.05) is 0 Å². The van der Waals surface area contributed by atoms with E-state index in [1.165, 1.54) is 0 Å². The predicted octanol–water partition coefficient (Wildman–Crippen LogP) is -12.3. The van der Waals surface area contributed by atoms with E-state index < -0.39 is 106 Å². The van der Waals surface area contributed by atoms with Gasteiger partial charge in [0.05, 0.1) is 0 Å². The summed E-state index contributed by atoms with van der Waals surface area (Å²) in [5.74, 6) is -2.17. The average molecular weight is 1010 g/mol. The van der Waals surface area contributed by atoms with Crippen LogP contribution in [0.4, 0.5) is 0 Å². The molecule has 0 aliphatic carbocycles. The van der Waals surface area contributed by atoms with E-state index in [-0.39, 0.29) is 68.3 Å². The molecule has 2 heterocycles. The number of rotatable bonds is 0. The molecule has 2 saturated heterocycles. The Morgan fingerprint density at radius 3 is 0.600 bits per heavy atom. The molecule has 0 aromatic carbocycles. The first-order valence-electron chi connectivity index (χ1n) is 5.10. The van der Waals surface area contributed by atoms with Crippen LogP contribution < -0.4 is 34.8 Å². The Labute approximate surface area is 245 Å². The van der Waals surface area contributed by atoms with Gasteiger partial charge >= 0.3 is 203 Å². The number of aliphatic carboxylic acids is 2. The van der Waals surface area contributed by atoms with E-state index in [9.17, 15) is 24.6 Å². The van der Waals surface area contributed by atoms with Crippen LogP contribution in [-0.2, 0) is 94.2 Å². The Balaban J connectivity index is -0.0000000653. The van der Waals surface area contributed by atoms with Gasteiger partial charge in [-0.2, -0.15) is 0 Å². The number of carboxylic acids is 2. The van der Waals surface area contributed by atoms with Crippen LogP contribution in [0.2, 0.25) is 0 Å². The quantitative estimate of drug-likeness (QED) is 0.204. The summed E-state index contributed by atoms with van der Waals surface area (Å²) in [4.78, 5) is 17.8. The second kappa shape index (κ2) is 29.1. The molecule has 0 unspecified atom stereocenters. The third kappa shape index (κ3) is 39.1. The fraction of sp³-hybridized carbons (Fsp3) is 0.500. The van der Waals surface area contributed by atoms with E-state index in [0.29, 0.717) is 0 Å². The average Bonchev–Trinajstić information content (AvgIpc) is 2.33. The van der Waals surface area contributed by atoms with Crippen LogP contribution in [0.3, 0.4) is 0 Å². The van der Waals surface area contributed by atoms with Crippen molar-refractivity contribution in [3.8, 4) is 0 Å². The Hall–Kier alpha value is 3.89. The minimum atomic E-state index is -3.14. The molecule has 0 N–H and O–H groups in total. The molecule has 0 spiro atoms. The molecule has 0 bridgehead atoms. The second-order valence-corrected chi connectivity index (χ2v) is 21.2. The first kappa shape index (κ1) is 47.1. The van der Waals surface area contributed by atoms with Crippen LogP contribution >= 0.6 is 0 Å². The Bertz CT molecular complexity index is 322. The van der Waals surface area contributed by atoms with E-state index in [2.05, 4.69) is 16.3 Å². The summed E-state index contributed by atoms with van der Waals surface area (Å²) in [6.45, 7) is 1.94. The van der Waals surface area contributed by atoms with Crippen molar-refractivity contribution in [1.29, 1.82) is 0 Å². The van der Waals surface area contributed by atoms with Gasteiger partial charge in [-0.3, -0.25) is 0 Å². The van der Waals surface area contributed by atoms with Crippen molar-refractivity contribution in [3.05, 3.63) is 0 Å². The molecule has 0 atom stereocenters. The van der Waals surface area contributed by atoms with Crippen molar-refractivity contribution >= 4 is 106 Å². The first-order valence-corrected chi connectivity index (χ1v) is 18.9. The molecule has 2 fully saturated rings. The van der Waals surface area contributed by atoms with Gasteiger partial charge in [-0.15, -0.1) is 0 Å². The monoisotopic (exact) mass is 1010 g/mol. The molecule has 0 aromatic rings. The summed E-state index contributed by atoms with van der Waals surface area (Å²) >= 11 is -18.8. The van der Waals surface area contributed by atoms with Crippen molar-refractivity contribution in [2.24, 2.45) is 0 Å². The van der Waals surface area contributed by atoms with Gasteiger partial charge in [-0.1, -0.05) is 0 Å². The molecule has 2 rings (SSSR count). The summed E-state index contributed by atoms with van der Waals surface area (Å²) in [7, 11) is 0. The Morgan fingerprint density at radius 2 is 0.533 bits per heavy atom. The van der Waals surface area contributed by atoms with E-state index in [1.807, 2.05) is 0 Å². The zero-order valence-electron chi connectivity index (χ0n) is 13.4. The summed E-state index contributed by atoms with van der Waals surface area (Å²) in [5, 5.41) is 17.8. The second-order valence-electron chi connectivity index (χ2n) is 2.81. The molecule has 0 saturated carbocycles. The molecular formula is C4H6As6Cu4O16. The molecule has 192 valence electrons. The zero-order valence-corrected chi connectivity index (χ0v) is 28.4. The maximum atomic E-state index is 10.3. The van der Waals surface area contributed by atoms with Gasteiger partial charge in [0.1, 0.15) is 0 Å². The first-order chi connectivity index (χ1) is 11.8. The van der Waals surface area contributed by atoms with Crippen LogP contribution in [-0.4, -0.2) is 106 Å². The van der Waals surface area contributed by atoms with Crippen LogP contribution in [0.15, 0.2) is 0 Å². The van der Waals surface area contributed by atoms with Crippen molar-refractivity contribution < 1.29 is 129 Å². The Kier molecular flexibility index (Phi) is 45.7. The van der Waals surface area contributed by atoms with Crippen molar-refractivity contribution in [2.45, 2.75) is 13.8 Å². The van der Waals surface area contributed by atoms with Crippen LogP contribution in [0.5, 0.6) is 0 Å². The van der Waals surface area contributed by atoms with E-state index in [4.69, 9.17) is 19.8 Å². The minimum absolute atomic E-state index is 0. The number of hydrogen-bond donors (Lipinski definition) is 0. The maximum absolute atomic E-state index is 10.3. The number of carboxylic acid groups (broad SMARTS) is 2. The third-order valence-corrected chi connectivity index (χ3v) is 21.6. The molecule has 0 amide bonds. The number of carbonyl (C=O) groups is 2. The summed E-state index contributed by atoms with van der Waals surface area (Å²) < 4.78 is 86.3. The molecule has 2 aliphatic rings. The molecule has 30 heavy (non-hydrogen) atoms. The molecule has 4 radical (unpaired) electrons. The van der Waals surface area contributed by atoms with Crippen molar-refractivity contribution in [1.82, 2.24) is 0 Å². The molecular weight excluding hydrogens is 1010 g/mol. The zero-order chi connectivity index (χ0) is 20.9. The number of hydrogen-bond acceptors (Lipinski definition) is 16. The fourth-order valence-electron chi connectivity index (χ4n) is 0.416. The van der Waals surface area contributed by atoms with Gasteiger partial charge in [0.25, 0.3) is 0 Å². The van der Waals surface area contributed by atoms with Crippen molar-refractivity contribution in [3.63, 3.8) is 0 Å². The third-order valence-electron chi connectivity index (χ3n) is 0.800. The van der Waals surface area contributed by atoms with Gasteiger partial charge in [-0.05, 0) is 13.8 Å². The topological polar surface area (TPSA) is 274 Å². The van der Waals surface area contributed by atoms with E-state index >= 15 is 0 Å². The van der Waals surface area contributed by atoms with Gasteiger partial charge < -0.3 is 19.8 Å². The normalized spacial score (nSPS) is 28.7. The molecule has 16 nitrogen and oxygen atoms in total.